The number of hydrogen-bond donors (Lipinski definition) is 1. The molecule has 0 spiro atoms. The van der Waals surface area contributed by atoms with Crippen molar-refractivity contribution in [1.29, 1.82) is 0 Å². The fraction of sp³-hybridized carbons (Fsp3) is 0.438. The fourth-order valence-electron chi connectivity index (χ4n) is 2.37. The Hall–Kier alpha value is -1.86. The van der Waals surface area contributed by atoms with Gasteiger partial charge in [-0.25, -0.2) is 8.42 Å². The minimum Gasteiger partial charge on any atom is -0.394 e. The van der Waals surface area contributed by atoms with Crippen LogP contribution in [0.2, 0.25) is 0 Å². The van der Waals surface area contributed by atoms with Gasteiger partial charge >= 0.3 is 0 Å². The first-order valence-electron chi connectivity index (χ1n) is 7.40. The Morgan fingerprint density at radius 1 is 1.22 bits per heavy atom. The highest BCUT2D eigenvalue weighted by atomic mass is 32.2. The predicted molar refractivity (Wildman–Crippen MR) is 90.0 cm³/mol. The predicted octanol–water partition coefficient (Wildman–Crippen LogP) is 1.91. The molecule has 0 unspecified atom stereocenters. The summed E-state index contributed by atoms with van der Waals surface area (Å²) in [5, 5.41) is 13.6. The van der Waals surface area contributed by atoms with Gasteiger partial charge in [-0.3, -0.25) is 8.99 Å². The molecule has 0 bridgehead atoms. The highest BCUT2D eigenvalue weighted by Crippen LogP contribution is 2.31. The first-order chi connectivity index (χ1) is 10.7. The fourth-order valence-corrected chi connectivity index (χ4v) is 4.20. The Morgan fingerprint density at radius 2 is 1.83 bits per heavy atom. The molecule has 23 heavy (non-hydrogen) atoms. The molecule has 0 saturated carbocycles. The van der Waals surface area contributed by atoms with E-state index in [2.05, 4.69) is 5.10 Å². The van der Waals surface area contributed by atoms with E-state index in [0.717, 1.165) is 0 Å². The van der Waals surface area contributed by atoms with Crippen LogP contribution in [0.25, 0.3) is 0 Å². The Labute approximate surface area is 137 Å². The van der Waals surface area contributed by atoms with Crippen LogP contribution in [0, 0.1) is 0 Å². The minimum absolute atomic E-state index is 0.00910. The number of para-hydroxylation sites is 1. The number of aryl methyl sites for hydroxylation is 1. The topological polar surface area (TPSA) is 75.4 Å². The summed E-state index contributed by atoms with van der Waals surface area (Å²) < 4.78 is 29.1. The molecule has 0 fully saturated rings. The second-order valence-electron chi connectivity index (χ2n) is 6.40. The Kier molecular flexibility index (Phi) is 4.81. The third-order valence-corrected chi connectivity index (χ3v) is 5.25. The van der Waals surface area contributed by atoms with E-state index in [-0.39, 0.29) is 18.0 Å². The average molecular weight is 337 g/mol. The van der Waals surface area contributed by atoms with Gasteiger partial charge in [-0.2, -0.15) is 5.10 Å². The Bertz CT molecular complexity index is 762. The normalized spacial score (nSPS) is 12.4. The zero-order valence-electron chi connectivity index (χ0n) is 13.9. The van der Waals surface area contributed by atoms with Crippen LogP contribution in [0.1, 0.15) is 26.5 Å². The first-order valence-corrected chi connectivity index (χ1v) is 8.84. The summed E-state index contributed by atoms with van der Waals surface area (Å²) in [6.45, 7) is 5.50. The number of benzene rings is 1. The molecule has 1 heterocycles. The number of aliphatic hydroxyl groups is 1. The van der Waals surface area contributed by atoms with Crippen LogP contribution in [-0.2, 0) is 22.5 Å². The minimum atomic E-state index is -3.82. The number of nitrogens with zero attached hydrogens (tertiary/aromatic N) is 3. The van der Waals surface area contributed by atoms with Crippen molar-refractivity contribution < 1.29 is 13.5 Å². The molecule has 0 aliphatic carbocycles. The van der Waals surface area contributed by atoms with Crippen LogP contribution in [0.3, 0.4) is 0 Å². The summed E-state index contributed by atoms with van der Waals surface area (Å²) in [6, 6.07) is 8.77. The van der Waals surface area contributed by atoms with E-state index in [0.29, 0.717) is 11.4 Å². The van der Waals surface area contributed by atoms with Gasteiger partial charge in [0.2, 0.25) is 0 Å². The molecule has 2 rings (SSSR count). The standard InChI is InChI=1S/C16H23N3O3S/c1-16(2,3)15-14(12-18(4)17-15)23(21,22)19(10-11-20)13-8-6-5-7-9-13/h5-9,12,20H,10-11H2,1-4H3. The number of rotatable bonds is 5. The highest BCUT2D eigenvalue weighted by Gasteiger charge is 2.33. The van der Waals surface area contributed by atoms with Crippen LogP contribution < -0.4 is 4.31 Å². The van der Waals surface area contributed by atoms with Gasteiger partial charge < -0.3 is 5.11 Å². The number of sulfonamides is 1. The van der Waals surface area contributed by atoms with Gasteiger partial charge in [-0.1, -0.05) is 39.0 Å². The van der Waals surface area contributed by atoms with Crippen molar-refractivity contribution in [3.8, 4) is 0 Å². The van der Waals surface area contributed by atoms with E-state index < -0.39 is 15.4 Å². The van der Waals surface area contributed by atoms with Crippen LogP contribution in [-0.4, -0.2) is 36.5 Å². The maximum atomic E-state index is 13.2. The largest absolute Gasteiger partial charge is 0.394 e. The van der Waals surface area contributed by atoms with Crippen LogP contribution in [0.4, 0.5) is 5.69 Å². The summed E-state index contributed by atoms with van der Waals surface area (Å²) in [5.74, 6) is 0. The molecule has 0 aliphatic rings. The monoisotopic (exact) mass is 337 g/mol. The van der Waals surface area contributed by atoms with Crippen molar-refractivity contribution in [2.24, 2.45) is 7.05 Å². The van der Waals surface area contributed by atoms with Crippen molar-refractivity contribution >= 4 is 15.7 Å². The molecule has 0 amide bonds. The van der Waals surface area contributed by atoms with Crippen molar-refractivity contribution in [2.45, 2.75) is 31.1 Å². The molecule has 0 aliphatic heterocycles. The van der Waals surface area contributed by atoms with E-state index in [1.54, 1.807) is 31.3 Å². The van der Waals surface area contributed by atoms with Crippen LogP contribution >= 0.6 is 0 Å². The summed E-state index contributed by atoms with van der Waals surface area (Å²) in [6.07, 6.45) is 1.52. The van der Waals surface area contributed by atoms with Crippen LogP contribution in [0.5, 0.6) is 0 Å². The third-order valence-electron chi connectivity index (χ3n) is 3.42. The summed E-state index contributed by atoms with van der Waals surface area (Å²) in [4.78, 5) is 0.171. The maximum absolute atomic E-state index is 13.2. The van der Waals surface area contributed by atoms with E-state index >= 15 is 0 Å². The van der Waals surface area contributed by atoms with Gasteiger partial charge in [0.15, 0.2) is 0 Å². The van der Waals surface area contributed by atoms with Crippen molar-refractivity contribution in [3.63, 3.8) is 0 Å². The molecule has 2 aromatic rings. The molecule has 7 heteroatoms. The zero-order chi connectivity index (χ0) is 17.3. The van der Waals surface area contributed by atoms with E-state index in [4.69, 9.17) is 0 Å². The smallest absolute Gasteiger partial charge is 0.267 e. The number of aliphatic hydroxyl groups excluding tert-OH is 1. The van der Waals surface area contributed by atoms with Crippen molar-refractivity contribution in [2.75, 3.05) is 17.5 Å². The molecule has 0 saturated heterocycles. The van der Waals surface area contributed by atoms with E-state index in [9.17, 15) is 13.5 Å². The number of aromatic nitrogens is 2. The van der Waals surface area contributed by atoms with Gasteiger partial charge in [-0.15, -0.1) is 0 Å². The van der Waals surface area contributed by atoms with Gasteiger partial charge in [0, 0.05) is 18.7 Å². The summed E-state index contributed by atoms with van der Waals surface area (Å²) >= 11 is 0. The molecule has 1 aromatic carbocycles. The highest BCUT2D eigenvalue weighted by molar-refractivity contribution is 7.92. The van der Waals surface area contributed by atoms with Gasteiger partial charge in [0.25, 0.3) is 10.0 Å². The Balaban J connectivity index is 2.60. The van der Waals surface area contributed by atoms with E-state index in [1.807, 2.05) is 26.8 Å². The second kappa shape index (κ2) is 6.33. The Morgan fingerprint density at radius 3 is 2.35 bits per heavy atom. The average Bonchev–Trinajstić information content (AvgIpc) is 2.88. The number of anilines is 1. The lowest BCUT2D eigenvalue weighted by Crippen LogP contribution is -2.34. The van der Waals surface area contributed by atoms with Crippen molar-refractivity contribution in [3.05, 3.63) is 42.2 Å². The first kappa shape index (κ1) is 17.5. The second-order valence-corrected chi connectivity index (χ2v) is 8.23. The summed E-state index contributed by atoms with van der Waals surface area (Å²) in [7, 11) is -2.12. The lowest BCUT2D eigenvalue weighted by atomic mass is 9.92. The number of hydrogen-bond acceptors (Lipinski definition) is 4. The molecule has 0 radical (unpaired) electrons. The zero-order valence-corrected chi connectivity index (χ0v) is 14.7. The van der Waals surface area contributed by atoms with E-state index in [1.165, 1.54) is 15.2 Å². The molecular formula is C16H23N3O3S. The van der Waals surface area contributed by atoms with Gasteiger partial charge in [0.1, 0.15) is 4.90 Å². The maximum Gasteiger partial charge on any atom is 0.267 e. The summed E-state index contributed by atoms with van der Waals surface area (Å²) in [5.41, 5.74) is 0.620. The third kappa shape index (κ3) is 3.56. The lowest BCUT2D eigenvalue weighted by Gasteiger charge is -2.25. The van der Waals surface area contributed by atoms with Gasteiger partial charge in [0.05, 0.1) is 24.5 Å². The van der Waals surface area contributed by atoms with Gasteiger partial charge in [-0.05, 0) is 12.1 Å². The molecule has 6 nitrogen and oxygen atoms in total. The lowest BCUT2D eigenvalue weighted by molar-refractivity contribution is 0.306. The molecule has 0 atom stereocenters. The van der Waals surface area contributed by atoms with Crippen LogP contribution in [0.15, 0.2) is 41.4 Å². The molecule has 126 valence electrons. The van der Waals surface area contributed by atoms with Crippen molar-refractivity contribution in [1.82, 2.24) is 9.78 Å². The molecule has 1 N–H and O–H groups in total. The SMILES string of the molecule is Cn1cc(S(=O)(=O)N(CCO)c2ccccc2)c(C(C)(C)C)n1. The molecular weight excluding hydrogens is 314 g/mol. The molecule has 1 aromatic heterocycles. The quantitative estimate of drug-likeness (QED) is 0.904.